The molecule has 0 saturated carbocycles. The maximum atomic E-state index is 12.6. The van der Waals surface area contributed by atoms with Crippen molar-refractivity contribution in [1.29, 1.82) is 0 Å². The Morgan fingerprint density at radius 1 is 1.13 bits per heavy atom. The van der Waals surface area contributed by atoms with Crippen LogP contribution < -0.4 is 10.6 Å². The number of carbonyl (C=O) groups excluding carboxylic acids is 2. The zero-order chi connectivity index (χ0) is 21.7. The third kappa shape index (κ3) is 5.82. The molecule has 1 aliphatic rings. The molecular weight excluding hydrogens is 402 g/mol. The number of likely N-dealkylation sites (tertiary alicyclic amines) is 1. The van der Waals surface area contributed by atoms with Crippen molar-refractivity contribution in [3.63, 3.8) is 0 Å². The minimum absolute atomic E-state index is 0.102. The van der Waals surface area contributed by atoms with Crippen LogP contribution in [0.15, 0.2) is 53.4 Å². The minimum atomic E-state index is -3.24. The van der Waals surface area contributed by atoms with Crippen LogP contribution in [0.25, 0.3) is 0 Å². The highest BCUT2D eigenvalue weighted by Gasteiger charge is 2.28. The monoisotopic (exact) mass is 429 g/mol. The second-order valence-electron chi connectivity index (χ2n) is 7.72. The van der Waals surface area contributed by atoms with E-state index in [0.29, 0.717) is 19.6 Å². The number of sulfone groups is 1. The Labute approximate surface area is 177 Å². The van der Waals surface area contributed by atoms with Crippen molar-refractivity contribution in [2.24, 2.45) is 5.92 Å². The van der Waals surface area contributed by atoms with Gasteiger partial charge in [0.15, 0.2) is 9.84 Å². The van der Waals surface area contributed by atoms with E-state index >= 15 is 0 Å². The Hall–Kier alpha value is -2.87. The van der Waals surface area contributed by atoms with E-state index in [-0.39, 0.29) is 22.8 Å². The summed E-state index contributed by atoms with van der Waals surface area (Å²) in [6, 6.07) is 13.9. The van der Waals surface area contributed by atoms with Crippen molar-refractivity contribution in [3.05, 3.63) is 59.7 Å². The minimum Gasteiger partial charge on any atom is -0.352 e. The number of urea groups is 1. The molecule has 1 heterocycles. The van der Waals surface area contributed by atoms with Crippen LogP contribution in [0.2, 0.25) is 0 Å². The summed E-state index contributed by atoms with van der Waals surface area (Å²) in [6.07, 6.45) is 2.66. The van der Waals surface area contributed by atoms with Crippen LogP contribution in [-0.4, -0.2) is 44.6 Å². The average Bonchev–Trinajstić information content (AvgIpc) is 2.72. The molecule has 0 aliphatic carbocycles. The highest BCUT2D eigenvalue weighted by molar-refractivity contribution is 7.90. The fourth-order valence-electron chi connectivity index (χ4n) is 3.49. The van der Waals surface area contributed by atoms with E-state index in [2.05, 4.69) is 10.6 Å². The predicted octanol–water partition coefficient (Wildman–Crippen LogP) is 2.96. The molecular formula is C22H27N3O4S. The molecule has 30 heavy (non-hydrogen) atoms. The van der Waals surface area contributed by atoms with Gasteiger partial charge in [0, 0.05) is 31.6 Å². The number of hydrogen-bond donors (Lipinski definition) is 2. The van der Waals surface area contributed by atoms with Crippen molar-refractivity contribution >= 4 is 27.5 Å². The maximum absolute atomic E-state index is 12.6. The SMILES string of the molecule is Cc1cccc(NC(=O)N2CCCC(C(=O)NCc3ccc(S(C)(=O)=O)cc3)C2)c1. The number of carbonyl (C=O) groups is 2. The average molecular weight is 430 g/mol. The van der Waals surface area contributed by atoms with E-state index in [1.807, 2.05) is 31.2 Å². The molecule has 1 fully saturated rings. The number of hydrogen-bond acceptors (Lipinski definition) is 4. The molecule has 1 aliphatic heterocycles. The van der Waals surface area contributed by atoms with Crippen LogP contribution in [0.3, 0.4) is 0 Å². The molecule has 2 N–H and O–H groups in total. The molecule has 160 valence electrons. The van der Waals surface area contributed by atoms with E-state index in [4.69, 9.17) is 0 Å². The standard InChI is InChI=1S/C22H27N3O4S/c1-16-5-3-7-19(13-16)24-22(27)25-12-4-6-18(15-25)21(26)23-14-17-8-10-20(11-9-17)30(2,28)29/h3,5,7-11,13,18H,4,6,12,14-15H2,1-2H3,(H,23,26)(H,24,27). The molecule has 8 heteroatoms. The molecule has 2 aromatic rings. The predicted molar refractivity (Wildman–Crippen MR) is 116 cm³/mol. The Kier molecular flexibility index (Phi) is 6.77. The Morgan fingerprint density at radius 2 is 1.87 bits per heavy atom. The number of benzene rings is 2. The van der Waals surface area contributed by atoms with Gasteiger partial charge in [0.2, 0.25) is 5.91 Å². The van der Waals surface area contributed by atoms with Crippen molar-refractivity contribution in [2.45, 2.75) is 31.2 Å². The highest BCUT2D eigenvalue weighted by atomic mass is 32.2. The first-order valence-corrected chi connectivity index (χ1v) is 11.8. The number of aryl methyl sites for hydroxylation is 1. The molecule has 3 amide bonds. The summed E-state index contributed by atoms with van der Waals surface area (Å²) in [6.45, 7) is 3.27. The first-order chi connectivity index (χ1) is 14.2. The van der Waals surface area contributed by atoms with Gasteiger partial charge in [-0.05, 0) is 55.2 Å². The van der Waals surface area contributed by atoms with Crippen LogP contribution in [0.5, 0.6) is 0 Å². The summed E-state index contributed by atoms with van der Waals surface area (Å²) in [5.74, 6) is -0.368. The highest BCUT2D eigenvalue weighted by Crippen LogP contribution is 2.19. The van der Waals surface area contributed by atoms with Gasteiger partial charge in [0.1, 0.15) is 0 Å². The van der Waals surface area contributed by atoms with Gasteiger partial charge in [-0.3, -0.25) is 4.79 Å². The fourth-order valence-corrected chi connectivity index (χ4v) is 4.12. The van der Waals surface area contributed by atoms with Crippen LogP contribution in [0.1, 0.15) is 24.0 Å². The molecule has 1 atom stereocenters. The van der Waals surface area contributed by atoms with Crippen LogP contribution in [-0.2, 0) is 21.2 Å². The maximum Gasteiger partial charge on any atom is 0.321 e. The van der Waals surface area contributed by atoms with Crippen LogP contribution >= 0.6 is 0 Å². The number of piperidine rings is 1. The van der Waals surface area contributed by atoms with Gasteiger partial charge in [-0.25, -0.2) is 13.2 Å². The van der Waals surface area contributed by atoms with Crippen LogP contribution in [0.4, 0.5) is 10.5 Å². The Morgan fingerprint density at radius 3 is 2.53 bits per heavy atom. The van der Waals surface area contributed by atoms with Gasteiger partial charge in [-0.1, -0.05) is 24.3 Å². The lowest BCUT2D eigenvalue weighted by atomic mass is 9.97. The molecule has 3 rings (SSSR count). The molecule has 0 spiro atoms. The molecule has 7 nitrogen and oxygen atoms in total. The van der Waals surface area contributed by atoms with Gasteiger partial charge < -0.3 is 15.5 Å². The molecule has 0 aromatic heterocycles. The Balaban J connectivity index is 1.53. The van der Waals surface area contributed by atoms with E-state index in [1.54, 1.807) is 17.0 Å². The summed E-state index contributed by atoms with van der Waals surface area (Å²) in [7, 11) is -3.24. The summed E-state index contributed by atoms with van der Waals surface area (Å²) >= 11 is 0. The number of rotatable bonds is 5. The molecule has 1 unspecified atom stereocenters. The first kappa shape index (κ1) is 21.8. The van der Waals surface area contributed by atoms with Gasteiger partial charge in [-0.2, -0.15) is 0 Å². The lowest BCUT2D eigenvalue weighted by Gasteiger charge is -2.32. The summed E-state index contributed by atoms with van der Waals surface area (Å²) in [4.78, 5) is 27.1. The normalized spacial score (nSPS) is 16.7. The van der Waals surface area contributed by atoms with Crippen LogP contribution in [0, 0.1) is 12.8 Å². The number of nitrogens with one attached hydrogen (secondary N) is 2. The van der Waals surface area contributed by atoms with E-state index < -0.39 is 9.84 Å². The quantitative estimate of drug-likeness (QED) is 0.764. The largest absolute Gasteiger partial charge is 0.352 e. The van der Waals surface area contributed by atoms with Gasteiger partial charge >= 0.3 is 6.03 Å². The third-order valence-electron chi connectivity index (χ3n) is 5.17. The Bertz CT molecular complexity index is 1020. The third-order valence-corrected chi connectivity index (χ3v) is 6.30. The van der Waals surface area contributed by atoms with Crippen molar-refractivity contribution in [3.8, 4) is 0 Å². The lowest BCUT2D eigenvalue weighted by Crippen LogP contribution is -2.46. The number of amides is 3. The van der Waals surface area contributed by atoms with E-state index in [1.165, 1.54) is 12.1 Å². The van der Waals surface area contributed by atoms with E-state index in [0.717, 1.165) is 35.9 Å². The zero-order valence-electron chi connectivity index (χ0n) is 17.2. The topological polar surface area (TPSA) is 95.6 Å². The van der Waals surface area contributed by atoms with Crippen molar-refractivity contribution < 1.29 is 18.0 Å². The van der Waals surface area contributed by atoms with Gasteiger partial charge in [0.25, 0.3) is 0 Å². The molecule has 0 radical (unpaired) electrons. The second kappa shape index (κ2) is 9.30. The summed E-state index contributed by atoms with van der Waals surface area (Å²) in [5.41, 5.74) is 2.62. The number of nitrogens with zero attached hydrogens (tertiary/aromatic N) is 1. The molecule has 1 saturated heterocycles. The summed E-state index contributed by atoms with van der Waals surface area (Å²) in [5, 5.41) is 5.79. The lowest BCUT2D eigenvalue weighted by molar-refractivity contribution is -0.126. The summed E-state index contributed by atoms with van der Waals surface area (Å²) < 4.78 is 23.1. The second-order valence-corrected chi connectivity index (χ2v) is 9.73. The van der Waals surface area contributed by atoms with Crippen molar-refractivity contribution in [1.82, 2.24) is 10.2 Å². The number of anilines is 1. The van der Waals surface area contributed by atoms with Gasteiger partial charge in [0.05, 0.1) is 10.8 Å². The fraction of sp³-hybridized carbons (Fsp3) is 0.364. The van der Waals surface area contributed by atoms with Crippen molar-refractivity contribution in [2.75, 3.05) is 24.7 Å². The van der Waals surface area contributed by atoms with Gasteiger partial charge in [-0.15, -0.1) is 0 Å². The van der Waals surface area contributed by atoms with E-state index in [9.17, 15) is 18.0 Å². The molecule has 2 aromatic carbocycles. The first-order valence-electron chi connectivity index (χ1n) is 9.92. The zero-order valence-corrected chi connectivity index (χ0v) is 18.0. The smallest absolute Gasteiger partial charge is 0.321 e. The molecule has 0 bridgehead atoms.